The van der Waals surface area contributed by atoms with Gasteiger partial charge in [0.05, 0.1) is 53.0 Å². The fourth-order valence-corrected chi connectivity index (χ4v) is 8.71. The molecule has 1 fully saturated rings. The number of Topliss-reactive ketones (excluding diaryl/α,β-unsaturated/α-hetero) is 1. The van der Waals surface area contributed by atoms with Gasteiger partial charge in [-0.3, -0.25) is 19.8 Å². The van der Waals surface area contributed by atoms with E-state index in [1.807, 2.05) is 0 Å². The van der Waals surface area contributed by atoms with Gasteiger partial charge in [-0.25, -0.2) is 0 Å². The fourth-order valence-electron chi connectivity index (χ4n) is 8.71. The molecule has 350 valence electrons. The Morgan fingerprint density at radius 3 is 2.31 bits per heavy atom. The number of aliphatic hydroxyl groups excluding tert-OH is 2. The number of ether oxygens (including phenoxy) is 4. The summed E-state index contributed by atoms with van der Waals surface area (Å²) < 4.78 is 23.6. The van der Waals surface area contributed by atoms with Crippen LogP contribution in [0.5, 0.6) is 23.0 Å². The van der Waals surface area contributed by atoms with E-state index in [1.165, 1.54) is 53.2 Å². The van der Waals surface area contributed by atoms with Gasteiger partial charge in [-0.2, -0.15) is 5.10 Å². The van der Waals surface area contributed by atoms with Gasteiger partial charge in [-0.1, -0.05) is 45.9 Å². The maximum Gasteiger partial charge on any atom is 0.312 e. The number of hydrogen-bond acceptors (Lipinski definition) is 17. The number of nitrogens with zero attached hydrogens (tertiary/aromatic N) is 4. The van der Waals surface area contributed by atoms with Gasteiger partial charge >= 0.3 is 11.8 Å². The molecule has 0 spiro atoms. The Bertz CT molecular complexity index is 2410. The zero-order valence-corrected chi connectivity index (χ0v) is 38.2. The van der Waals surface area contributed by atoms with E-state index in [-0.39, 0.29) is 50.3 Å². The van der Waals surface area contributed by atoms with Crippen molar-refractivity contribution < 1.29 is 58.9 Å². The van der Waals surface area contributed by atoms with Crippen molar-refractivity contribution in [1.82, 2.24) is 10.2 Å². The zero-order chi connectivity index (χ0) is 47.5. The summed E-state index contributed by atoms with van der Waals surface area (Å²) in [6.07, 6.45) is 7.80. The number of rotatable bonds is 6. The molecular formula is C47H60N6O12. The lowest BCUT2D eigenvalue weighted by Gasteiger charge is -2.38. The van der Waals surface area contributed by atoms with E-state index < -0.39 is 88.8 Å². The number of piperidine rings is 1. The monoisotopic (exact) mass is 900 g/mol. The maximum atomic E-state index is 14.5. The molecule has 7 N–H and O–H groups in total. The number of anilines is 3. The van der Waals surface area contributed by atoms with Crippen LogP contribution >= 0.6 is 0 Å². The molecule has 1 saturated heterocycles. The summed E-state index contributed by atoms with van der Waals surface area (Å²) in [7, 11) is 1.43. The molecule has 0 radical (unpaired) electrons. The molecule has 0 aliphatic carbocycles. The highest BCUT2D eigenvalue weighted by molar-refractivity contribution is 6.24. The van der Waals surface area contributed by atoms with E-state index in [2.05, 4.69) is 30.9 Å². The summed E-state index contributed by atoms with van der Waals surface area (Å²) in [5.74, 6) is -7.82. The molecular weight excluding hydrogens is 841 g/mol. The number of hydrazone groups is 1. The van der Waals surface area contributed by atoms with Crippen molar-refractivity contribution in [2.24, 2.45) is 28.8 Å². The largest absolute Gasteiger partial charge is 0.507 e. The summed E-state index contributed by atoms with van der Waals surface area (Å²) >= 11 is 0. The molecule has 65 heavy (non-hydrogen) atoms. The highest BCUT2D eigenvalue weighted by Gasteiger charge is 2.50. The van der Waals surface area contributed by atoms with Gasteiger partial charge < -0.3 is 54.7 Å². The van der Waals surface area contributed by atoms with Crippen molar-refractivity contribution in [2.75, 3.05) is 35.8 Å². The molecule has 9 atom stereocenters. The summed E-state index contributed by atoms with van der Waals surface area (Å²) in [6, 6.07) is 3.48. The summed E-state index contributed by atoms with van der Waals surface area (Å²) in [5, 5.41) is 73.5. The number of nitrogens with one attached hydrogen (secondary N) is 2. The van der Waals surface area contributed by atoms with Crippen molar-refractivity contribution in [3.63, 3.8) is 0 Å². The molecule has 18 nitrogen and oxygen atoms in total. The van der Waals surface area contributed by atoms with Gasteiger partial charge in [0, 0.05) is 74.2 Å². The number of ketones is 1. The molecule has 7 rings (SSSR count). The zero-order valence-electron chi connectivity index (χ0n) is 38.2. The quantitative estimate of drug-likeness (QED) is 0.0494. The predicted octanol–water partition coefficient (Wildman–Crippen LogP) is 5.98. The van der Waals surface area contributed by atoms with E-state index in [9.17, 15) is 39.9 Å². The number of fused-ring (bicyclic) bond motifs is 14. The number of aromatic hydroxyl groups is 3. The number of phenolic OH excluding ortho intramolecular Hbond substituents is 3. The highest BCUT2D eigenvalue weighted by Crippen LogP contribution is 2.55. The molecule has 4 aliphatic rings. The van der Waals surface area contributed by atoms with E-state index in [4.69, 9.17) is 18.9 Å². The van der Waals surface area contributed by atoms with Gasteiger partial charge in [-0.15, -0.1) is 10.2 Å². The van der Waals surface area contributed by atoms with E-state index in [0.29, 0.717) is 5.82 Å². The second-order valence-corrected chi connectivity index (χ2v) is 17.3. The summed E-state index contributed by atoms with van der Waals surface area (Å²) in [4.78, 5) is 42.9. The van der Waals surface area contributed by atoms with Crippen LogP contribution in [-0.2, 0) is 23.8 Å². The second kappa shape index (κ2) is 19.9. The number of carbonyl (C=O) groups excluding carboxylic acids is 3. The predicted molar refractivity (Wildman–Crippen MR) is 243 cm³/mol. The van der Waals surface area contributed by atoms with Crippen molar-refractivity contribution in [3.05, 3.63) is 65.0 Å². The third kappa shape index (κ3) is 9.74. The first-order valence-electron chi connectivity index (χ1n) is 21.8. The first-order chi connectivity index (χ1) is 30.8. The number of allylic oxidation sites excluding steroid dienone is 2. The van der Waals surface area contributed by atoms with E-state index in [1.54, 1.807) is 52.0 Å². The standard InChI is InChI=1S/C47H60N6O12/c1-23-14-13-15-24(2)46(61)49-37-30(22-48-50-32-16-17-33(52-51-32)53-19-11-10-12-20-53)41(58)34-35(42(37)59)40(57)28(6)44-36(34)45(60)47(8,65-44)63-21-18-31(62-9)25(3)43(64-29(7)54)27(5)39(56)26(4)38(23)55/h13-18,21-23,25-27,31,38-39,43,55-59H,10-12,19-20H2,1-9H3,(H,49,61)(H,50,51)/b14-13+,21-18+,24-15?,48-22+. The lowest BCUT2D eigenvalue weighted by Crippen LogP contribution is -2.46. The number of esters is 1. The Hall–Kier alpha value is -6.24. The van der Waals surface area contributed by atoms with Crippen LogP contribution in [0.25, 0.3) is 10.8 Å². The number of benzene rings is 2. The summed E-state index contributed by atoms with van der Waals surface area (Å²) in [5.41, 5.74) is 2.08. The molecule has 1 aromatic heterocycles. The van der Waals surface area contributed by atoms with Crippen LogP contribution < -0.4 is 20.4 Å². The van der Waals surface area contributed by atoms with Crippen molar-refractivity contribution in [2.45, 2.75) is 105 Å². The molecule has 1 amide bonds. The van der Waals surface area contributed by atoms with Crippen LogP contribution in [-0.4, -0.2) is 110 Å². The molecule has 3 aromatic rings. The number of carbonyl (C=O) groups is 3. The van der Waals surface area contributed by atoms with E-state index >= 15 is 0 Å². The SMILES string of the molecule is COC1/C=C/OC2(C)Oc3c(C)c(O)c4c(O)c(c(/C=N/Nc5ccc(N6CCCCC6)nn5)c(O)c4c3C2=O)NC(=O)C(C)=C/C=C/C(C)C(O)C(C)C(O)C(C)C(OC(C)=O)C1C. The van der Waals surface area contributed by atoms with Gasteiger partial charge in [0.25, 0.3) is 11.7 Å². The van der Waals surface area contributed by atoms with Gasteiger partial charge in [-0.05, 0) is 51.3 Å². The Kier molecular flexibility index (Phi) is 14.7. The third-order valence-corrected chi connectivity index (χ3v) is 12.7. The minimum absolute atomic E-state index is 0.0243. The summed E-state index contributed by atoms with van der Waals surface area (Å²) in [6.45, 7) is 14.2. The smallest absolute Gasteiger partial charge is 0.312 e. The van der Waals surface area contributed by atoms with Crippen LogP contribution in [0.3, 0.4) is 0 Å². The molecule has 5 bridgehead atoms. The minimum Gasteiger partial charge on any atom is -0.507 e. The Balaban J connectivity index is 1.47. The van der Waals surface area contributed by atoms with Gasteiger partial charge in [0.15, 0.2) is 17.4 Å². The average molecular weight is 901 g/mol. The number of amides is 1. The topological polar surface area (TPSA) is 255 Å². The lowest BCUT2D eigenvalue weighted by atomic mass is 9.78. The Morgan fingerprint density at radius 2 is 1.66 bits per heavy atom. The Labute approximate surface area is 377 Å². The number of methoxy groups -OCH3 is 1. The van der Waals surface area contributed by atoms with Crippen LogP contribution in [0.15, 0.2) is 53.4 Å². The van der Waals surface area contributed by atoms with Crippen molar-refractivity contribution in [3.8, 4) is 23.0 Å². The minimum atomic E-state index is -2.08. The Morgan fingerprint density at radius 1 is 0.954 bits per heavy atom. The van der Waals surface area contributed by atoms with Crippen LogP contribution in [0.1, 0.15) is 89.2 Å². The van der Waals surface area contributed by atoms with Crippen LogP contribution in [0.4, 0.5) is 17.3 Å². The first kappa shape index (κ1) is 48.2. The second-order valence-electron chi connectivity index (χ2n) is 17.3. The molecule has 2 aromatic carbocycles. The average Bonchev–Trinajstić information content (AvgIpc) is 3.55. The lowest BCUT2D eigenvalue weighted by molar-refractivity contribution is -0.160. The van der Waals surface area contributed by atoms with E-state index in [0.717, 1.165) is 38.6 Å². The fraction of sp³-hybridized carbons (Fsp3) is 0.489. The van der Waals surface area contributed by atoms with Gasteiger partial charge in [0.1, 0.15) is 23.4 Å². The molecule has 9 unspecified atom stereocenters. The first-order valence-corrected chi connectivity index (χ1v) is 21.8. The molecule has 5 heterocycles. The number of aliphatic hydroxyl groups is 2. The number of aromatic nitrogens is 2. The van der Waals surface area contributed by atoms with Crippen LogP contribution in [0.2, 0.25) is 0 Å². The van der Waals surface area contributed by atoms with Crippen LogP contribution in [0, 0.1) is 30.6 Å². The molecule has 4 aliphatic heterocycles. The highest BCUT2D eigenvalue weighted by atomic mass is 16.7. The van der Waals surface area contributed by atoms with Crippen molar-refractivity contribution >= 4 is 52.0 Å². The maximum absolute atomic E-state index is 14.5. The molecule has 18 heteroatoms. The number of hydrogen-bond donors (Lipinski definition) is 7. The van der Waals surface area contributed by atoms with Crippen molar-refractivity contribution in [1.29, 1.82) is 0 Å². The van der Waals surface area contributed by atoms with Gasteiger partial charge in [0.2, 0.25) is 0 Å². The molecule has 0 saturated carbocycles. The third-order valence-electron chi connectivity index (χ3n) is 12.7. The number of phenols is 3. The normalized spacial score (nSPS) is 29.0.